The molecule has 3 rings (SSSR count). The summed E-state index contributed by atoms with van der Waals surface area (Å²) in [5.41, 5.74) is 2.51. The van der Waals surface area contributed by atoms with Crippen molar-refractivity contribution in [2.75, 3.05) is 17.7 Å². The molecule has 0 aliphatic rings. The van der Waals surface area contributed by atoms with Crippen LogP contribution in [0.4, 0.5) is 10.7 Å². The zero-order valence-corrected chi connectivity index (χ0v) is 18.1. The number of benzene rings is 2. The van der Waals surface area contributed by atoms with Crippen LogP contribution in [-0.4, -0.2) is 24.9 Å². The summed E-state index contributed by atoms with van der Waals surface area (Å²) < 4.78 is 4.85. The zero-order valence-electron chi connectivity index (χ0n) is 16.5. The molecule has 0 fully saturated rings. The van der Waals surface area contributed by atoms with Crippen molar-refractivity contribution < 1.29 is 19.1 Å². The minimum Gasteiger partial charge on any atom is -0.465 e. The molecule has 0 radical (unpaired) electrons. The van der Waals surface area contributed by atoms with Crippen LogP contribution in [0.2, 0.25) is 5.02 Å². The van der Waals surface area contributed by atoms with Crippen LogP contribution in [-0.2, 0) is 4.74 Å². The first kappa shape index (κ1) is 21.5. The highest BCUT2D eigenvalue weighted by Gasteiger charge is 2.27. The van der Waals surface area contributed by atoms with Crippen molar-refractivity contribution in [3.8, 4) is 0 Å². The summed E-state index contributed by atoms with van der Waals surface area (Å²) in [6.45, 7) is 3.59. The van der Waals surface area contributed by atoms with E-state index in [-0.39, 0.29) is 27.1 Å². The van der Waals surface area contributed by atoms with Gasteiger partial charge >= 0.3 is 5.97 Å². The molecule has 0 unspecified atom stereocenters. The maximum Gasteiger partial charge on any atom is 0.341 e. The van der Waals surface area contributed by atoms with Crippen molar-refractivity contribution in [2.45, 2.75) is 13.8 Å². The molecule has 2 amide bonds. The molecule has 0 aliphatic heterocycles. The maximum atomic E-state index is 12.8. The van der Waals surface area contributed by atoms with E-state index in [1.807, 2.05) is 19.1 Å². The van der Waals surface area contributed by atoms with Crippen LogP contribution < -0.4 is 10.6 Å². The maximum absolute atomic E-state index is 12.8. The van der Waals surface area contributed by atoms with Gasteiger partial charge in [0.25, 0.3) is 11.8 Å². The van der Waals surface area contributed by atoms with Gasteiger partial charge in [0, 0.05) is 5.69 Å². The second-order valence-electron chi connectivity index (χ2n) is 6.51. The van der Waals surface area contributed by atoms with Gasteiger partial charge in [-0.3, -0.25) is 9.59 Å². The summed E-state index contributed by atoms with van der Waals surface area (Å²) in [5.74, 6) is -1.52. The normalized spacial score (nSPS) is 10.4. The van der Waals surface area contributed by atoms with Crippen LogP contribution >= 0.6 is 22.9 Å². The predicted molar refractivity (Wildman–Crippen MR) is 119 cm³/mol. The van der Waals surface area contributed by atoms with Crippen LogP contribution in [0.3, 0.4) is 0 Å². The van der Waals surface area contributed by atoms with Gasteiger partial charge in [0.1, 0.15) is 5.00 Å². The Labute approximate surface area is 182 Å². The predicted octanol–water partition coefficient (Wildman–Crippen LogP) is 5.31. The Kier molecular flexibility index (Phi) is 6.54. The number of methoxy groups -OCH3 is 1. The lowest BCUT2D eigenvalue weighted by Gasteiger charge is -2.07. The molecule has 30 heavy (non-hydrogen) atoms. The fourth-order valence-electron chi connectivity index (χ4n) is 2.81. The Balaban J connectivity index is 1.94. The number of hydrogen-bond acceptors (Lipinski definition) is 5. The van der Waals surface area contributed by atoms with Crippen molar-refractivity contribution >= 4 is 51.4 Å². The van der Waals surface area contributed by atoms with E-state index in [9.17, 15) is 14.4 Å². The molecule has 154 valence electrons. The number of anilines is 2. The summed E-state index contributed by atoms with van der Waals surface area (Å²) in [7, 11) is 1.24. The first-order valence-corrected chi connectivity index (χ1v) is 10.2. The number of thiophene rings is 1. The van der Waals surface area contributed by atoms with Crippen LogP contribution in [0, 0.1) is 13.8 Å². The van der Waals surface area contributed by atoms with Gasteiger partial charge in [0.05, 0.1) is 28.1 Å². The number of carbonyl (C=O) groups excluding carboxylic acids is 3. The Morgan fingerprint density at radius 2 is 1.60 bits per heavy atom. The molecule has 8 heteroatoms. The molecule has 1 aromatic heterocycles. The first-order chi connectivity index (χ1) is 14.3. The molecule has 6 nitrogen and oxygen atoms in total. The highest BCUT2D eigenvalue weighted by molar-refractivity contribution is 7.19. The molecule has 0 bridgehead atoms. The third kappa shape index (κ3) is 4.53. The van der Waals surface area contributed by atoms with E-state index in [2.05, 4.69) is 10.6 Å². The number of carbonyl (C=O) groups is 3. The highest BCUT2D eigenvalue weighted by atomic mass is 35.5. The molecular weight excluding hydrogens is 424 g/mol. The number of hydrogen-bond donors (Lipinski definition) is 2. The summed E-state index contributed by atoms with van der Waals surface area (Å²) in [6.07, 6.45) is 0. The number of halogens is 1. The van der Waals surface area contributed by atoms with E-state index < -0.39 is 11.9 Å². The molecular formula is C22H19ClN2O4S. The Hall–Kier alpha value is -3.16. The summed E-state index contributed by atoms with van der Waals surface area (Å²) in [6, 6.07) is 13.9. The van der Waals surface area contributed by atoms with Gasteiger partial charge in [0.15, 0.2) is 0 Å². The number of amides is 2. The molecule has 0 saturated carbocycles. The Morgan fingerprint density at radius 1 is 0.933 bits per heavy atom. The number of aryl methyl sites for hydroxylation is 1. The van der Waals surface area contributed by atoms with Crippen LogP contribution in [0.15, 0.2) is 48.5 Å². The van der Waals surface area contributed by atoms with E-state index >= 15 is 0 Å². The third-order valence-corrected chi connectivity index (χ3v) is 5.93. The highest BCUT2D eigenvalue weighted by Crippen LogP contribution is 2.35. The summed E-state index contributed by atoms with van der Waals surface area (Å²) >= 11 is 7.09. The standard InChI is InChI=1S/C22H19ClN2O4S/c1-12-8-10-14(11-9-12)24-20(27)18-13(2)17(22(28)29-3)21(30-18)25-19(26)15-6-4-5-7-16(15)23/h4-11H,1-3H3,(H,24,27)(H,25,26). The lowest BCUT2D eigenvalue weighted by Crippen LogP contribution is -2.14. The average molecular weight is 443 g/mol. The van der Waals surface area contributed by atoms with Gasteiger partial charge in [-0.2, -0.15) is 0 Å². The topological polar surface area (TPSA) is 84.5 Å². The minimum atomic E-state index is -0.646. The molecule has 3 aromatic rings. The molecule has 2 aromatic carbocycles. The number of esters is 1. The van der Waals surface area contributed by atoms with Crippen molar-refractivity contribution in [1.29, 1.82) is 0 Å². The van der Waals surface area contributed by atoms with E-state index in [0.29, 0.717) is 16.1 Å². The van der Waals surface area contributed by atoms with E-state index in [1.165, 1.54) is 7.11 Å². The lowest BCUT2D eigenvalue weighted by molar-refractivity contribution is 0.0601. The molecule has 0 saturated heterocycles. The summed E-state index contributed by atoms with van der Waals surface area (Å²) in [5, 5.41) is 5.99. The fraction of sp³-hybridized carbons (Fsp3) is 0.136. The summed E-state index contributed by atoms with van der Waals surface area (Å²) in [4.78, 5) is 38.1. The van der Waals surface area contributed by atoms with Crippen LogP contribution in [0.1, 0.15) is 41.5 Å². The molecule has 0 atom stereocenters. The van der Waals surface area contributed by atoms with Crippen LogP contribution in [0.5, 0.6) is 0 Å². The number of rotatable bonds is 5. The van der Waals surface area contributed by atoms with Gasteiger partial charge in [-0.15, -0.1) is 11.3 Å². The Bertz CT molecular complexity index is 1120. The monoisotopic (exact) mass is 442 g/mol. The van der Waals surface area contributed by atoms with Gasteiger partial charge in [-0.05, 0) is 43.7 Å². The second kappa shape index (κ2) is 9.11. The fourth-order valence-corrected chi connectivity index (χ4v) is 4.11. The lowest BCUT2D eigenvalue weighted by atomic mass is 10.1. The quantitative estimate of drug-likeness (QED) is 0.524. The van der Waals surface area contributed by atoms with Crippen LogP contribution in [0.25, 0.3) is 0 Å². The average Bonchev–Trinajstić information content (AvgIpc) is 3.05. The van der Waals surface area contributed by atoms with Gasteiger partial charge in [0.2, 0.25) is 0 Å². The number of nitrogens with one attached hydrogen (secondary N) is 2. The van der Waals surface area contributed by atoms with Crippen molar-refractivity contribution in [2.24, 2.45) is 0 Å². The zero-order chi connectivity index (χ0) is 21.8. The molecule has 0 aliphatic carbocycles. The van der Waals surface area contributed by atoms with E-state index in [1.54, 1.807) is 43.3 Å². The van der Waals surface area contributed by atoms with Crippen molar-refractivity contribution in [1.82, 2.24) is 0 Å². The number of ether oxygens (including phenoxy) is 1. The Morgan fingerprint density at radius 3 is 2.23 bits per heavy atom. The van der Waals surface area contributed by atoms with Gasteiger partial charge in [-0.1, -0.05) is 41.4 Å². The molecule has 0 spiro atoms. The largest absolute Gasteiger partial charge is 0.465 e. The van der Waals surface area contributed by atoms with Crippen molar-refractivity contribution in [3.05, 3.63) is 80.7 Å². The smallest absolute Gasteiger partial charge is 0.341 e. The van der Waals surface area contributed by atoms with Gasteiger partial charge < -0.3 is 15.4 Å². The first-order valence-electron chi connectivity index (χ1n) is 8.97. The SMILES string of the molecule is COC(=O)c1c(NC(=O)c2ccccc2Cl)sc(C(=O)Nc2ccc(C)cc2)c1C. The molecule has 2 N–H and O–H groups in total. The van der Waals surface area contributed by atoms with Crippen molar-refractivity contribution in [3.63, 3.8) is 0 Å². The van der Waals surface area contributed by atoms with E-state index in [4.69, 9.17) is 16.3 Å². The molecule has 1 heterocycles. The van der Waals surface area contributed by atoms with E-state index in [0.717, 1.165) is 16.9 Å². The van der Waals surface area contributed by atoms with Gasteiger partial charge in [-0.25, -0.2) is 4.79 Å². The third-order valence-electron chi connectivity index (χ3n) is 4.40. The second-order valence-corrected chi connectivity index (χ2v) is 7.93. The minimum absolute atomic E-state index is 0.136.